The van der Waals surface area contributed by atoms with Crippen LogP contribution in [0.3, 0.4) is 0 Å². The van der Waals surface area contributed by atoms with E-state index < -0.39 is 0 Å². The van der Waals surface area contributed by atoms with Crippen LogP contribution in [0.5, 0.6) is 5.75 Å². The van der Waals surface area contributed by atoms with E-state index in [9.17, 15) is 5.11 Å². The molecule has 1 nitrogen and oxygen atoms in total. The number of phenols is 1. The Hall–Kier alpha value is -0.980. The molecule has 1 aromatic rings. The normalized spacial score (nSPS) is 12.8. The van der Waals surface area contributed by atoms with Crippen molar-refractivity contribution in [1.29, 1.82) is 0 Å². The Balaban J connectivity index is 2.74. The van der Waals surface area contributed by atoms with E-state index in [0.717, 1.165) is 17.5 Å². The van der Waals surface area contributed by atoms with Crippen LogP contribution in [0, 0.1) is 6.92 Å². The number of hydrogen-bond donors (Lipinski definition) is 1. The van der Waals surface area contributed by atoms with Crippen molar-refractivity contribution in [3.8, 4) is 5.75 Å². The average Bonchev–Trinajstić information content (AvgIpc) is 2.14. The number of aromatic hydroxyl groups is 1. The van der Waals surface area contributed by atoms with E-state index in [1.807, 2.05) is 19.1 Å². The van der Waals surface area contributed by atoms with Crippen molar-refractivity contribution in [2.75, 3.05) is 0 Å². The summed E-state index contributed by atoms with van der Waals surface area (Å²) in [5.41, 5.74) is 2.21. The maximum atomic E-state index is 9.76. The Morgan fingerprint density at radius 2 is 2.07 bits per heavy atom. The van der Waals surface area contributed by atoms with E-state index >= 15 is 0 Å². The summed E-state index contributed by atoms with van der Waals surface area (Å²) in [4.78, 5) is 0. The highest BCUT2D eigenvalue weighted by atomic mass is 16.3. The highest BCUT2D eigenvalue weighted by Gasteiger charge is 2.09. The van der Waals surface area contributed by atoms with E-state index in [-0.39, 0.29) is 0 Å². The molecule has 0 bridgehead atoms. The molecule has 0 aliphatic rings. The highest BCUT2D eigenvalue weighted by Crippen LogP contribution is 2.29. The molecular weight excluding hydrogens is 172 g/mol. The number of unbranched alkanes of at least 4 members (excludes halogenated alkanes) is 1. The van der Waals surface area contributed by atoms with Crippen molar-refractivity contribution >= 4 is 0 Å². The number of hydrogen-bond acceptors (Lipinski definition) is 1. The number of phenolic OH excluding ortho intramolecular Hbond substituents is 1. The van der Waals surface area contributed by atoms with E-state index in [0.29, 0.717) is 11.7 Å². The van der Waals surface area contributed by atoms with Gasteiger partial charge in [0.1, 0.15) is 5.75 Å². The third-order valence-corrected chi connectivity index (χ3v) is 2.71. The molecule has 1 atom stereocenters. The molecule has 0 aromatic heterocycles. The van der Waals surface area contributed by atoms with Crippen LogP contribution >= 0.6 is 0 Å². The standard InChI is InChI=1S/C13H20O/c1-4-5-6-11(3)12-8-7-10(2)9-13(12)14/h7-9,11,14H,4-6H2,1-3H3. The quantitative estimate of drug-likeness (QED) is 0.764. The van der Waals surface area contributed by atoms with Gasteiger partial charge in [-0.2, -0.15) is 0 Å². The van der Waals surface area contributed by atoms with Gasteiger partial charge >= 0.3 is 0 Å². The smallest absolute Gasteiger partial charge is 0.119 e. The lowest BCUT2D eigenvalue weighted by molar-refractivity contribution is 0.458. The molecule has 14 heavy (non-hydrogen) atoms. The SMILES string of the molecule is CCCCC(C)c1ccc(C)cc1O. The largest absolute Gasteiger partial charge is 0.508 e. The van der Waals surface area contributed by atoms with Crippen molar-refractivity contribution in [1.82, 2.24) is 0 Å². The van der Waals surface area contributed by atoms with Gasteiger partial charge in [-0.3, -0.25) is 0 Å². The molecule has 0 fully saturated rings. The predicted molar refractivity (Wildman–Crippen MR) is 60.8 cm³/mol. The lowest BCUT2D eigenvalue weighted by Gasteiger charge is -2.13. The van der Waals surface area contributed by atoms with Gasteiger partial charge in [0.2, 0.25) is 0 Å². The molecule has 0 saturated heterocycles. The molecule has 1 heteroatoms. The monoisotopic (exact) mass is 192 g/mol. The fourth-order valence-electron chi connectivity index (χ4n) is 1.74. The maximum Gasteiger partial charge on any atom is 0.119 e. The molecule has 0 heterocycles. The van der Waals surface area contributed by atoms with E-state index in [4.69, 9.17) is 0 Å². The second-order valence-electron chi connectivity index (χ2n) is 4.11. The van der Waals surface area contributed by atoms with Gasteiger partial charge in [-0.15, -0.1) is 0 Å². The van der Waals surface area contributed by atoms with Crippen LogP contribution in [0.25, 0.3) is 0 Å². The molecule has 0 radical (unpaired) electrons. The van der Waals surface area contributed by atoms with Crippen molar-refractivity contribution in [2.24, 2.45) is 0 Å². The van der Waals surface area contributed by atoms with Gasteiger partial charge in [0.05, 0.1) is 0 Å². The Morgan fingerprint density at radius 1 is 1.36 bits per heavy atom. The third-order valence-electron chi connectivity index (χ3n) is 2.71. The first-order valence-corrected chi connectivity index (χ1v) is 5.44. The molecule has 0 aliphatic heterocycles. The Bertz CT molecular complexity index is 291. The van der Waals surface area contributed by atoms with Gasteiger partial charge in [0.25, 0.3) is 0 Å². The Morgan fingerprint density at radius 3 is 2.64 bits per heavy atom. The van der Waals surface area contributed by atoms with Crippen LogP contribution in [0.4, 0.5) is 0 Å². The minimum absolute atomic E-state index is 0.452. The van der Waals surface area contributed by atoms with Crippen molar-refractivity contribution in [2.45, 2.75) is 46.0 Å². The van der Waals surface area contributed by atoms with E-state index in [1.165, 1.54) is 12.8 Å². The summed E-state index contributed by atoms with van der Waals surface area (Å²) >= 11 is 0. The summed E-state index contributed by atoms with van der Waals surface area (Å²) in [5.74, 6) is 0.921. The van der Waals surface area contributed by atoms with Crippen LogP contribution in [-0.4, -0.2) is 5.11 Å². The molecule has 1 aromatic carbocycles. The Labute approximate surface area is 86.8 Å². The third kappa shape index (κ3) is 2.76. The van der Waals surface area contributed by atoms with Crippen molar-refractivity contribution in [3.05, 3.63) is 29.3 Å². The zero-order valence-corrected chi connectivity index (χ0v) is 9.38. The first-order chi connectivity index (χ1) is 6.65. The number of rotatable bonds is 4. The van der Waals surface area contributed by atoms with Gasteiger partial charge in [-0.25, -0.2) is 0 Å². The zero-order chi connectivity index (χ0) is 10.6. The summed E-state index contributed by atoms with van der Waals surface area (Å²) in [5, 5.41) is 9.76. The highest BCUT2D eigenvalue weighted by molar-refractivity contribution is 5.37. The molecule has 0 spiro atoms. The van der Waals surface area contributed by atoms with Gasteiger partial charge < -0.3 is 5.11 Å². The van der Waals surface area contributed by atoms with Crippen LogP contribution in [-0.2, 0) is 0 Å². The summed E-state index contributed by atoms with van der Waals surface area (Å²) in [7, 11) is 0. The molecule has 0 amide bonds. The van der Waals surface area contributed by atoms with Gasteiger partial charge in [-0.1, -0.05) is 38.8 Å². The number of aryl methyl sites for hydroxylation is 1. The van der Waals surface area contributed by atoms with Crippen molar-refractivity contribution in [3.63, 3.8) is 0 Å². The summed E-state index contributed by atoms with van der Waals surface area (Å²) in [6.07, 6.45) is 3.61. The lowest BCUT2D eigenvalue weighted by Crippen LogP contribution is -1.94. The maximum absolute atomic E-state index is 9.76. The first-order valence-electron chi connectivity index (χ1n) is 5.44. The van der Waals surface area contributed by atoms with E-state index in [1.54, 1.807) is 0 Å². The van der Waals surface area contributed by atoms with Crippen molar-refractivity contribution < 1.29 is 5.11 Å². The van der Waals surface area contributed by atoms with E-state index in [2.05, 4.69) is 19.9 Å². The summed E-state index contributed by atoms with van der Waals surface area (Å²) < 4.78 is 0. The fourth-order valence-corrected chi connectivity index (χ4v) is 1.74. The molecule has 78 valence electrons. The lowest BCUT2D eigenvalue weighted by atomic mass is 9.94. The molecule has 1 unspecified atom stereocenters. The molecule has 0 aliphatic carbocycles. The first kappa shape index (κ1) is 11.1. The molecular formula is C13H20O. The predicted octanol–water partition coefficient (Wildman–Crippen LogP) is 3.99. The topological polar surface area (TPSA) is 20.2 Å². The van der Waals surface area contributed by atoms with Crippen LogP contribution in [0.2, 0.25) is 0 Å². The molecule has 1 rings (SSSR count). The van der Waals surface area contributed by atoms with Crippen LogP contribution in [0.1, 0.15) is 50.2 Å². The van der Waals surface area contributed by atoms with Gasteiger partial charge in [0, 0.05) is 0 Å². The second-order valence-corrected chi connectivity index (χ2v) is 4.11. The van der Waals surface area contributed by atoms with Crippen LogP contribution < -0.4 is 0 Å². The average molecular weight is 192 g/mol. The Kier molecular flexibility index (Phi) is 3.99. The fraction of sp³-hybridized carbons (Fsp3) is 0.538. The zero-order valence-electron chi connectivity index (χ0n) is 9.38. The van der Waals surface area contributed by atoms with Gasteiger partial charge in [0.15, 0.2) is 0 Å². The van der Waals surface area contributed by atoms with Gasteiger partial charge in [-0.05, 0) is 36.5 Å². The second kappa shape index (κ2) is 5.04. The van der Waals surface area contributed by atoms with Crippen LogP contribution in [0.15, 0.2) is 18.2 Å². The minimum atomic E-state index is 0.452. The summed E-state index contributed by atoms with van der Waals surface area (Å²) in [6, 6.07) is 5.96. The molecule has 0 saturated carbocycles. The number of benzene rings is 1. The molecule has 1 N–H and O–H groups in total. The minimum Gasteiger partial charge on any atom is -0.508 e. The summed E-state index contributed by atoms with van der Waals surface area (Å²) in [6.45, 7) is 6.38.